The first kappa shape index (κ1) is 22.5. The summed E-state index contributed by atoms with van der Waals surface area (Å²) in [6, 6.07) is 0. The molecule has 0 aliphatic carbocycles. The maximum absolute atomic E-state index is 11.4. The molecule has 0 aromatic carbocycles. The van der Waals surface area contributed by atoms with E-state index in [1.807, 2.05) is 0 Å². The van der Waals surface area contributed by atoms with Gasteiger partial charge in [0.15, 0.2) is 0 Å². The lowest BCUT2D eigenvalue weighted by Gasteiger charge is -2.04. The van der Waals surface area contributed by atoms with Gasteiger partial charge in [-0.3, -0.25) is 4.79 Å². The zero-order valence-corrected chi connectivity index (χ0v) is 15.8. The number of rotatable bonds is 18. The van der Waals surface area contributed by atoms with Crippen molar-refractivity contribution in [2.45, 2.75) is 116 Å². The number of carbonyl (C=O) groups excluding carboxylic acids is 1. The topological polar surface area (TPSA) is 29.1 Å². The molecule has 0 saturated heterocycles. The lowest BCUT2D eigenvalue weighted by Crippen LogP contribution is -2.23. The minimum absolute atomic E-state index is 0.198. The van der Waals surface area contributed by atoms with Gasteiger partial charge in [-0.05, 0) is 12.8 Å². The zero-order valence-electron chi connectivity index (χ0n) is 15.8. The van der Waals surface area contributed by atoms with Crippen molar-refractivity contribution in [1.82, 2.24) is 5.32 Å². The summed E-state index contributed by atoms with van der Waals surface area (Å²) in [5.74, 6) is 0.198. The Morgan fingerprint density at radius 3 is 1.48 bits per heavy atom. The van der Waals surface area contributed by atoms with Gasteiger partial charge in [0.2, 0.25) is 5.91 Å². The molecule has 137 valence electrons. The Morgan fingerprint density at radius 1 is 0.696 bits per heavy atom. The predicted molar refractivity (Wildman–Crippen MR) is 103 cm³/mol. The molecule has 0 aromatic rings. The summed E-state index contributed by atoms with van der Waals surface area (Å²) in [7, 11) is 0. The Morgan fingerprint density at radius 2 is 1.09 bits per heavy atom. The van der Waals surface area contributed by atoms with Crippen LogP contribution >= 0.6 is 0 Å². The second-order valence-corrected chi connectivity index (χ2v) is 6.90. The molecule has 23 heavy (non-hydrogen) atoms. The molecule has 1 amide bonds. The second kappa shape index (κ2) is 19.5. The van der Waals surface area contributed by atoms with Crippen LogP contribution in [-0.2, 0) is 4.79 Å². The quantitative estimate of drug-likeness (QED) is 0.283. The molecule has 0 aliphatic rings. The summed E-state index contributed by atoms with van der Waals surface area (Å²) in [4.78, 5) is 11.4. The van der Waals surface area contributed by atoms with Gasteiger partial charge in [-0.2, -0.15) is 0 Å². The van der Waals surface area contributed by atoms with Crippen LogP contribution in [0.3, 0.4) is 0 Å². The van der Waals surface area contributed by atoms with Gasteiger partial charge in [0, 0.05) is 13.0 Å². The van der Waals surface area contributed by atoms with Gasteiger partial charge in [-0.1, -0.05) is 104 Å². The fourth-order valence-corrected chi connectivity index (χ4v) is 2.97. The van der Waals surface area contributed by atoms with Crippen LogP contribution < -0.4 is 5.32 Å². The molecule has 0 saturated carbocycles. The Bertz CT molecular complexity index is 240. The predicted octanol–water partition coefficient (Wildman–Crippen LogP) is 6.59. The van der Waals surface area contributed by atoms with Crippen molar-refractivity contribution in [2.24, 2.45) is 0 Å². The van der Waals surface area contributed by atoms with Crippen molar-refractivity contribution in [3.63, 3.8) is 0 Å². The van der Waals surface area contributed by atoms with Crippen LogP contribution in [0.4, 0.5) is 0 Å². The van der Waals surface area contributed by atoms with Crippen LogP contribution in [0, 0.1) is 6.92 Å². The van der Waals surface area contributed by atoms with Crippen molar-refractivity contribution >= 4 is 5.91 Å². The third-order valence-electron chi connectivity index (χ3n) is 4.51. The summed E-state index contributed by atoms with van der Waals surface area (Å²) in [6.45, 7) is 6.72. The summed E-state index contributed by atoms with van der Waals surface area (Å²) in [5.41, 5.74) is 0. The van der Waals surface area contributed by atoms with Crippen LogP contribution in [-0.4, -0.2) is 12.5 Å². The molecule has 0 fully saturated rings. The van der Waals surface area contributed by atoms with Crippen molar-refractivity contribution < 1.29 is 4.79 Å². The van der Waals surface area contributed by atoms with Crippen LogP contribution in [0.25, 0.3) is 0 Å². The van der Waals surface area contributed by atoms with Gasteiger partial charge in [0.1, 0.15) is 0 Å². The van der Waals surface area contributed by atoms with Gasteiger partial charge < -0.3 is 5.32 Å². The number of hydrogen-bond acceptors (Lipinski definition) is 1. The highest BCUT2D eigenvalue weighted by Gasteiger charge is 1.99. The monoisotopic (exact) mass is 324 g/mol. The van der Waals surface area contributed by atoms with Crippen LogP contribution in [0.2, 0.25) is 0 Å². The number of amides is 1. The summed E-state index contributed by atoms with van der Waals surface area (Å²) in [5, 5.41) is 2.88. The maximum atomic E-state index is 11.4. The largest absolute Gasteiger partial charge is 0.356 e. The minimum Gasteiger partial charge on any atom is -0.356 e. The minimum atomic E-state index is 0.198. The molecule has 0 spiro atoms. The Hall–Kier alpha value is -0.530. The van der Waals surface area contributed by atoms with Gasteiger partial charge in [-0.15, -0.1) is 0 Å². The van der Waals surface area contributed by atoms with Gasteiger partial charge >= 0.3 is 0 Å². The van der Waals surface area contributed by atoms with Gasteiger partial charge in [0.05, 0.1) is 0 Å². The molecule has 0 heterocycles. The number of unbranched alkanes of at least 4 members (excludes halogenated alkanes) is 14. The van der Waals surface area contributed by atoms with E-state index in [1.54, 1.807) is 0 Å². The fraction of sp³-hybridized carbons (Fsp3) is 0.905. The van der Waals surface area contributed by atoms with Crippen LogP contribution in [0.5, 0.6) is 0 Å². The van der Waals surface area contributed by atoms with Gasteiger partial charge in [-0.25, -0.2) is 0 Å². The molecule has 2 heteroatoms. The van der Waals surface area contributed by atoms with E-state index in [1.165, 1.54) is 89.9 Å². The number of nitrogens with one attached hydrogen (secondary N) is 1. The summed E-state index contributed by atoms with van der Waals surface area (Å²) in [6.07, 6.45) is 22.0. The summed E-state index contributed by atoms with van der Waals surface area (Å²) < 4.78 is 0. The Labute approximate surface area is 146 Å². The molecule has 1 radical (unpaired) electrons. The van der Waals surface area contributed by atoms with Crippen LogP contribution in [0.1, 0.15) is 116 Å². The Kier molecular flexibility index (Phi) is 19.1. The second-order valence-electron chi connectivity index (χ2n) is 6.90. The molecule has 0 aromatic heterocycles. The molecule has 0 bridgehead atoms. The average molecular weight is 325 g/mol. The highest BCUT2D eigenvalue weighted by Crippen LogP contribution is 2.13. The standard InChI is InChI=1S/C21H42NO/c1-3-5-6-7-8-9-10-11-12-13-14-15-16-17-18-19-21(23)22-20-4-2/h2-20H2,1H3,(H,22,23). The molecule has 0 atom stereocenters. The average Bonchev–Trinajstić information content (AvgIpc) is 2.56. The lowest BCUT2D eigenvalue weighted by atomic mass is 10.0. The zero-order chi connectivity index (χ0) is 17.0. The maximum Gasteiger partial charge on any atom is 0.219 e. The molecule has 0 unspecified atom stereocenters. The van der Waals surface area contributed by atoms with Crippen molar-refractivity contribution in [3.8, 4) is 0 Å². The van der Waals surface area contributed by atoms with Gasteiger partial charge in [0.25, 0.3) is 0 Å². The molecule has 1 N–H and O–H groups in total. The van der Waals surface area contributed by atoms with E-state index >= 15 is 0 Å². The normalized spacial score (nSPS) is 10.9. The highest BCUT2D eigenvalue weighted by atomic mass is 16.1. The summed E-state index contributed by atoms with van der Waals surface area (Å²) >= 11 is 0. The third kappa shape index (κ3) is 19.4. The van der Waals surface area contributed by atoms with Crippen LogP contribution in [0.15, 0.2) is 0 Å². The lowest BCUT2D eigenvalue weighted by molar-refractivity contribution is -0.121. The van der Waals surface area contributed by atoms with E-state index in [-0.39, 0.29) is 5.91 Å². The molecule has 0 rings (SSSR count). The first-order valence-electron chi connectivity index (χ1n) is 10.4. The fourth-order valence-electron chi connectivity index (χ4n) is 2.97. The van der Waals surface area contributed by atoms with E-state index < -0.39 is 0 Å². The first-order chi connectivity index (χ1) is 11.3. The van der Waals surface area contributed by atoms with Crippen molar-refractivity contribution in [3.05, 3.63) is 6.92 Å². The van der Waals surface area contributed by atoms with E-state index in [2.05, 4.69) is 19.2 Å². The SMILES string of the molecule is [CH2]CCNC(=O)CCCCCCCCCCCCCCCCC. The van der Waals surface area contributed by atoms with Crippen molar-refractivity contribution in [1.29, 1.82) is 0 Å². The number of carbonyl (C=O) groups is 1. The molecular weight excluding hydrogens is 282 g/mol. The van der Waals surface area contributed by atoms with E-state index in [9.17, 15) is 4.79 Å². The smallest absolute Gasteiger partial charge is 0.219 e. The first-order valence-corrected chi connectivity index (χ1v) is 10.4. The van der Waals surface area contributed by atoms with Crippen molar-refractivity contribution in [2.75, 3.05) is 6.54 Å². The number of hydrogen-bond donors (Lipinski definition) is 1. The highest BCUT2D eigenvalue weighted by molar-refractivity contribution is 5.75. The molecular formula is C21H42NO. The van der Waals surface area contributed by atoms with E-state index in [4.69, 9.17) is 0 Å². The molecule has 2 nitrogen and oxygen atoms in total. The van der Waals surface area contributed by atoms with E-state index in [0.29, 0.717) is 6.42 Å². The van der Waals surface area contributed by atoms with E-state index in [0.717, 1.165) is 19.4 Å². The Balaban J connectivity index is 3.04. The third-order valence-corrected chi connectivity index (χ3v) is 4.51. The molecule has 0 aliphatic heterocycles.